The van der Waals surface area contributed by atoms with Crippen molar-refractivity contribution in [3.05, 3.63) is 32.6 Å². The maximum atomic E-state index is 12.4. The van der Waals surface area contributed by atoms with Crippen molar-refractivity contribution < 1.29 is 9.53 Å². The number of aromatic nitrogens is 2. The molecule has 1 atom stereocenters. The van der Waals surface area contributed by atoms with Crippen molar-refractivity contribution in [3.63, 3.8) is 0 Å². The lowest BCUT2D eigenvalue weighted by Gasteiger charge is -2.32. The zero-order valence-corrected chi connectivity index (χ0v) is 13.1. The maximum Gasteiger partial charge on any atom is 0.328 e. The van der Waals surface area contributed by atoms with Crippen molar-refractivity contribution in [3.8, 4) is 0 Å². The minimum atomic E-state index is -0.479. The van der Waals surface area contributed by atoms with Gasteiger partial charge in [-0.15, -0.1) is 0 Å². The van der Waals surface area contributed by atoms with Crippen molar-refractivity contribution in [1.29, 1.82) is 0 Å². The molecule has 7 heteroatoms. The first-order valence-electron chi connectivity index (χ1n) is 7.70. The molecule has 2 heterocycles. The second-order valence-electron chi connectivity index (χ2n) is 5.63. The van der Waals surface area contributed by atoms with Gasteiger partial charge in [0, 0.05) is 38.5 Å². The van der Waals surface area contributed by atoms with Crippen LogP contribution in [0.1, 0.15) is 31.7 Å². The first kappa shape index (κ1) is 16.5. The number of rotatable bonds is 5. The highest BCUT2D eigenvalue weighted by Gasteiger charge is 2.24. The molecular formula is C15H23N3O4. The third-order valence-corrected chi connectivity index (χ3v) is 3.88. The van der Waals surface area contributed by atoms with E-state index in [9.17, 15) is 14.4 Å². The van der Waals surface area contributed by atoms with Crippen molar-refractivity contribution in [1.82, 2.24) is 14.5 Å². The quantitative estimate of drug-likeness (QED) is 0.832. The molecule has 1 aliphatic heterocycles. The van der Waals surface area contributed by atoms with Crippen molar-refractivity contribution in [2.24, 2.45) is 7.05 Å². The van der Waals surface area contributed by atoms with Crippen LogP contribution in [-0.2, 0) is 23.0 Å². The molecule has 2 rings (SSSR count). The summed E-state index contributed by atoms with van der Waals surface area (Å²) in [4.78, 5) is 39.9. The van der Waals surface area contributed by atoms with E-state index in [4.69, 9.17) is 4.74 Å². The van der Waals surface area contributed by atoms with Gasteiger partial charge < -0.3 is 14.6 Å². The molecule has 0 aromatic carbocycles. The van der Waals surface area contributed by atoms with Crippen LogP contribution in [-0.4, -0.2) is 46.2 Å². The molecule has 0 bridgehead atoms. The lowest BCUT2D eigenvalue weighted by atomic mass is 10.1. The molecule has 22 heavy (non-hydrogen) atoms. The monoisotopic (exact) mass is 309 g/mol. The number of carbonyl (C=O) groups excluding carboxylic acids is 1. The number of likely N-dealkylation sites (tertiary alicyclic amines) is 1. The fraction of sp³-hybridized carbons (Fsp3) is 0.667. The highest BCUT2D eigenvalue weighted by molar-refractivity contribution is 5.78. The minimum Gasteiger partial charge on any atom is -0.376 e. The number of H-pyrrole nitrogens is 1. The normalized spacial score (nSPS) is 18.5. The van der Waals surface area contributed by atoms with Gasteiger partial charge in [-0.05, 0) is 19.3 Å². The Hall–Kier alpha value is -1.89. The molecule has 1 fully saturated rings. The third-order valence-electron chi connectivity index (χ3n) is 3.88. The molecule has 7 nitrogen and oxygen atoms in total. The summed E-state index contributed by atoms with van der Waals surface area (Å²) in [5.41, 5.74) is -0.594. The fourth-order valence-corrected chi connectivity index (χ4v) is 2.60. The van der Waals surface area contributed by atoms with E-state index in [1.54, 1.807) is 4.90 Å². The Morgan fingerprint density at radius 3 is 2.95 bits per heavy atom. The highest BCUT2D eigenvalue weighted by Crippen LogP contribution is 2.14. The molecule has 1 saturated heterocycles. The van der Waals surface area contributed by atoms with Gasteiger partial charge in [-0.2, -0.15) is 0 Å². The molecule has 0 aliphatic carbocycles. The van der Waals surface area contributed by atoms with Crippen LogP contribution in [0.3, 0.4) is 0 Å². The van der Waals surface area contributed by atoms with Crippen LogP contribution < -0.4 is 11.2 Å². The Kier molecular flexibility index (Phi) is 5.54. The molecule has 0 radical (unpaired) electrons. The molecule has 0 unspecified atom stereocenters. The molecule has 1 aromatic heterocycles. The maximum absolute atomic E-state index is 12.4. The number of nitrogens with one attached hydrogen (secondary N) is 1. The van der Waals surface area contributed by atoms with Crippen LogP contribution in [0.2, 0.25) is 0 Å². The largest absolute Gasteiger partial charge is 0.376 e. The summed E-state index contributed by atoms with van der Waals surface area (Å²) >= 11 is 0. The number of piperidine rings is 1. The first-order chi connectivity index (χ1) is 10.5. The Balaban J connectivity index is 2.01. The second-order valence-corrected chi connectivity index (χ2v) is 5.63. The highest BCUT2D eigenvalue weighted by atomic mass is 16.5. The lowest BCUT2D eigenvalue weighted by molar-refractivity contribution is -0.134. The number of hydrogen-bond donors (Lipinski definition) is 1. The fourth-order valence-electron chi connectivity index (χ4n) is 2.60. The van der Waals surface area contributed by atoms with Crippen LogP contribution in [0, 0.1) is 0 Å². The standard InChI is InChI=1S/C15H23N3O4/c1-3-7-22-12-5-4-6-18(10-12)13(19)8-11-9-16-15(21)17(2)14(11)20/h9,12H,3-8,10H2,1-2H3,(H,16,21)/t12-/m1/s1. The van der Waals surface area contributed by atoms with E-state index in [-0.39, 0.29) is 18.4 Å². The smallest absolute Gasteiger partial charge is 0.328 e. The zero-order valence-electron chi connectivity index (χ0n) is 13.1. The predicted molar refractivity (Wildman–Crippen MR) is 81.9 cm³/mol. The number of hydrogen-bond acceptors (Lipinski definition) is 4. The van der Waals surface area contributed by atoms with Crippen LogP contribution in [0.5, 0.6) is 0 Å². The SMILES string of the molecule is CCCO[C@@H]1CCCN(C(=O)Cc2c[nH]c(=O)n(C)c2=O)C1. The number of ether oxygens (including phenoxy) is 1. The number of carbonyl (C=O) groups is 1. The molecule has 1 amide bonds. The predicted octanol–water partition coefficient (Wildman–Crippen LogP) is 0.0337. The molecule has 1 aliphatic rings. The summed E-state index contributed by atoms with van der Waals surface area (Å²) in [6, 6.07) is 0. The van der Waals surface area contributed by atoms with Gasteiger partial charge in [0.25, 0.3) is 5.56 Å². The third kappa shape index (κ3) is 3.85. The summed E-state index contributed by atoms with van der Waals surface area (Å²) < 4.78 is 6.69. The molecule has 122 valence electrons. The van der Waals surface area contributed by atoms with Gasteiger partial charge in [0.2, 0.25) is 5.91 Å². The average Bonchev–Trinajstić information content (AvgIpc) is 2.53. The van der Waals surface area contributed by atoms with E-state index in [1.807, 2.05) is 0 Å². The lowest BCUT2D eigenvalue weighted by Crippen LogP contribution is -2.45. The summed E-state index contributed by atoms with van der Waals surface area (Å²) in [6.45, 7) is 4.02. The van der Waals surface area contributed by atoms with Crippen molar-refractivity contribution in [2.45, 2.75) is 38.7 Å². The molecule has 1 N–H and O–H groups in total. The van der Waals surface area contributed by atoms with Crippen LogP contribution in [0.15, 0.2) is 15.8 Å². The molecule has 1 aromatic rings. The number of nitrogens with zero attached hydrogens (tertiary/aromatic N) is 2. The second kappa shape index (κ2) is 7.40. The van der Waals surface area contributed by atoms with E-state index < -0.39 is 11.2 Å². The van der Waals surface area contributed by atoms with Crippen molar-refractivity contribution >= 4 is 5.91 Å². The van der Waals surface area contributed by atoms with Crippen molar-refractivity contribution in [2.75, 3.05) is 19.7 Å². The van der Waals surface area contributed by atoms with Gasteiger partial charge in [0.15, 0.2) is 0 Å². The van der Waals surface area contributed by atoms with Crippen LogP contribution in [0.4, 0.5) is 0 Å². The summed E-state index contributed by atoms with van der Waals surface area (Å²) in [6.07, 6.45) is 4.24. The van der Waals surface area contributed by atoms with Gasteiger partial charge in [-0.25, -0.2) is 4.79 Å². The molecule has 0 spiro atoms. The Morgan fingerprint density at radius 2 is 2.23 bits per heavy atom. The van der Waals surface area contributed by atoms with E-state index >= 15 is 0 Å². The average molecular weight is 309 g/mol. The Morgan fingerprint density at radius 1 is 1.45 bits per heavy atom. The summed E-state index contributed by atoms with van der Waals surface area (Å²) in [5, 5.41) is 0. The van der Waals surface area contributed by atoms with Gasteiger partial charge in [0.05, 0.1) is 12.5 Å². The summed E-state index contributed by atoms with van der Waals surface area (Å²) in [5.74, 6) is -0.103. The zero-order chi connectivity index (χ0) is 16.1. The number of amides is 1. The van der Waals surface area contributed by atoms with Gasteiger partial charge in [-0.1, -0.05) is 6.92 Å². The minimum absolute atomic E-state index is 0.00392. The van der Waals surface area contributed by atoms with E-state index in [0.717, 1.165) is 23.8 Å². The van der Waals surface area contributed by atoms with Gasteiger partial charge >= 0.3 is 5.69 Å². The Bertz CT molecular complexity index is 634. The number of aromatic amines is 1. The topological polar surface area (TPSA) is 84.4 Å². The summed E-state index contributed by atoms with van der Waals surface area (Å²) in [7, 11) is 1.39. The van der Waals surface area contributed by atoms with Crippen LogP contribution in [0.25, 0.3) is 0 Å². The van der Waals surface area contributed by atoms with Crippen LogP contribution >= 0.6 is 0 Å². The van der Waals surface area contributed by atoms with Gasteiger partial charge in [-0.3, -0.25) is 14.2 Å². The Labute approximate surface area is 128 Å². The van der Waals surface area contributed by atoms with Gasteiger partial charge in [0.1, 0.15) is 0 Å². The van der Waals surface area contributed by atoms with E-state index in [2.05, 4.69) is 11.9 Å². The first-order valence-corrected chi connectivity index (χ1v) is 7.70. The van der Waals surface area contributed by atoms with E-state index in [1.165, 1.54) is 13.2 Å². The van der Waals surface area contributed by atoms with E-state index in [0.29, 0.717) is 25.3 Å². The molecule has 0 saturated carbocycles. The molecular weight excluding hydrogens is 286 g/mol.